The maximum Gasteiger partial charge on any atom is 0.387 e. The third-order valence-corrected chi connectivity index (χ3v) is 4.25. The lowest BCUT2D eigenvalue weighted by molar-refractivity contribution is -0.123. The van der Waals surface area contributed by atoms with Crippen LogP contribution in [0.1, 0.15) is 25.3 Å². The molecule has 1 heterocycles. The smallest absolute Gasteiger partial charge is 0.387 e. The lowest BCUT2D eigenvalue weighted by Gasteiger charge is -2.38. The number of benzene rings is 1. The van der Waals surface area contributed by atoms with Gasteiger partial charge >= 0.3 is 6.61 Å². The molecule has 1 saturated heterocycles. The van der Waals surface area contributed by atoms with E-state index in [0.717, 1.165) is 24.9 Å². The second-order valence-corrected chi connectivity index (χ2v) is 6.58. The number of nitrogens with one attached hydrogen (secondary N) is 1. The van der Waals surface area contributed by atoms with Crippen molar-refractivity contribution in [1.29, 1.82) is 0 Å². The molecule has 1 aromatic carbocycles. The van der Waals surface area contributed by atoms with Crippen LogP contribution in [0.15, 0.2) is 24.3 Å². The zero-order chi connectivity index (χ0) is 17.6. The summed E-state index contributed by atoms with van der Waals surface area (Å²) in [6.07, 6.45) is 1.94. The van der Waals surface area contributed by atoms with Gasteiger partial charge in [0, 0.05) is 25.1 Å². The summed E-state index contributed by atoms with van der Waals surface area (Å²) >= 11 is 0. The third-order valence-electron chi connectivity index (χ3n) is 4.25. The second-order valence-electron chi connectivity index (χ2n) is 6.58. The van der Waals surface area contributed by atoms with E-state index in [1.807, 2.05) is 6.92 Å². The average molecular weight is 342 g/mol. The monoisotopic (exact) mass is 342 g/mol. The van der Waals surface area contributed by atoms with Crippen molar-refractivity contribution in [1.82, 2.24) is 10.2 Å². The number of hydrogen-bond acceptors (Lipinski definition) is 4. The molecule has 2 N–H and O–H groups in total. The van der Waals surface area contributed by atoms with Crippen molar-refractivity contribution in [3.05, 3.63) is 29.8 Å². The van der Waals surface area contributed by atoms with Crippen molar-refractivity contribution < 1.29 is 23.4 Å². The number of amides is 1. The quantitative estimate of drug-likeness (QED) is 0.796. The lowest BCUT2D eigenvalue weighted by atomic mass is 9.83. The van der Waals surface area contributed by atoms with Crippen molar-refractivity contribution in [2.45, 2.75) is 32.9 Å². The van der Waals surface area contributed by atoms with Crippen LogP contribution in [0.4, 0.5) is 8.78 Å². The van der Waals surface area contributed by atoms with Gasteiger partial charge in [0.15, 0.2) is 0 Å². The summed E-state index contributed by atoms with van der Waals surface area (Å²) in [5.74, 6) is 0.00165. The van der Waals surface area contributed by atoms with Crippen LogP contribution >= 0.6 is 0 Å². The molecule has 0 aliphatic carbocycles. The maximum atomic E-state index is 12.1. The number of carbonyl (C=O) groups excluding carboxylic acids is 1. The average Bonchev–Trinajstić information content (AvgIpc) is 2.54. The first-order valence-corrected chi connectivity index (χ1v) is 8.04. The Balaban J connectivity index is 1.76. The predicted molar refractivity (Wildman–Crippen MR) is 85.8 cm³/mol. The van der Waals surface area contributed by atoms with Crippen molar-refractivity contribution in [2.24, 2.45) is 5.41 Å². The molecule has 0 radical (unpaired) electrons. The molecular formula is C17H24F2N2O3. The molecule has 1 aromatic rings. The Morgan fingerprint density at radius 1 is 1.42 bits per heavy atom. The Hall–Kier alpha value is -1.73. The fourth-order valence-corrected chi connectivity index (χ4v) is 2.94. The molecule has 0 aromatic heterocycles. The normalized spacial score (nSPS) is 21.7. The highest BCUT2D eigenvalue weighted by Gasteiger charge is 2.30. The SMILES string of the molecule is CC1(CO)CCCN(CC(=O)NCc2ccc(OC(F)F)cc2)C1. The van der Waals surface area contributed by atoms with Gasteiger partial charge in [-0.2, -0.15) is 8.78 Å². The number of rotatable bonds is 7. The molecule has 1 unspecified atom stereocenters. The van der Waals surface area contributed by atoms with Crippen molar-refractivity contribution in [3.63, 3.8) is 0 Å². The molecule has 0 saturated carbocycles. The Labute approximate surface area is 140 Å². The molecule has 0 spiro atoms. The first-order chi connectivity index (χ1) is 11.4. The maximum absolute atomic E-state index is 12.1. The number of likely N-dealkylation sites (tertiary alicyclic amines) is 1. The first-order valence-electron chi connectivity index (χ1n) is 8.04. The Kier molecular flexibility index (Phi) is 6.51. The minimum Gasteiger partial charge on any atom is -0.435 e. The van der Waals surface area contributed by atoms with Crippen LogP contribution in [0, 0.1) is 5.41 Å². The molecule has 134 valence electrons. The number of aliphatic hydroxyl groups is 1. The number of aliphatic hydroxyl groups excluding tert-OH is 1. The van der Waals surface area contributed by atoms with E-state index in [1.54, 1.807) is 12.1 Å². The summed E-state index contributed by atoms with van der Waals surface area (Å²) in [5, 5.41) is 12.3. The molecule has 1 fully saturated rings. The van der Waals surface area contributed by atoms with Crippen molar-refractivity contribution in [2.75, 3.05) is 26.2 Å². The van der Waals surface area contributed by atoms with Crippen LogP contribution in [0.2, 0.25) is 0 Å². The minimum atomic E-state index is -2.84. The molecule has 1 amide bonds. The number of nitrogens with zero attached hydrogens (tertiary/aromatic N) is 1. The summed E-state index contributed by atoms with van der Waals surface area (Å²) in [7, 11) is 0. The van der Waals surface area contributed by atoms with Crippen LogP contribution in [-0.2, 0) is 11.3 Å². The van der Waals surface area contributed by atoms with Crippen LogP contribution in [0.3, 0.4) is 0 Å². The molecule has 5 nitrogen and oxygen atoms in total. The Bertz CT molecular complexity index is 539. The highest BCUT2D eigenvalue weighted by Crippen LogP contribution is 2.28. The lowest BCUT2D eigenvalue weighted by Crippen LogP contribution is -2.47. The van der Waals surface area contributed by atoms with Gasteiger partial charge in [-0.1, -0.05) is 19.1 Å². The van der Waals surface area contributed by atoms with E-state index in [9.17, 15) is 18.7 Å². The number of alkyl halides is 2. The van der Waals surface area contributed by atoms with E-state index in [1.165, 1.54) is 12.1 Å². The third kappa shape index (κ3) is 5.72. The zero-order valence-corrected chi connectivity index (χ0v) is 13.8. The van der Waals surface area contributed by atoms with Crippen LogP contribution in [-0.4, -0.2) is 48.8 Å². The predicted octanol–water partition coefficient (Wildman–Crippen LogP) is 2.00. The van der Waals surface area contributed by atoms with E-state index in [-0.39, 0.29) is 23.7 Å². The topological polar surface area (TPSA) is 61.8 Å². The van der Waals surface area contributed by atoms with Gasteiger partial charge in [-0.25, -0.2) is 0 Å². The van der Waals surface area contributed by atoms with Gasteiger partial charge in [0.1, 0.15) is 5.75 Å². The number of piperidine rings is 1. The zero-order valence-electron chi connectivity index (χ0n) is 13.8. The molecule has 1 atom stereocenters. The first kappa shape index (κ1) is 18.6. The molecule has 1 aliphatic heterocycles. The molecule has 2 rings (SSSR count). The van der Waals surface area contributed by atoms with Gasteiger partial charge in [0.05, 0.1) is 6.54 Å². The molecule has 1 aliphatic rings. The number of ether oxygens (including phenoxy) is 1. The van der Waals surface area contributed by atoms with E-state index in [4.69, 9.17) is 0 Å². The highest BCUT2D eigenvalue weighted by molar-refractivity contribution is 5.78. The Morgan fingerprint density at radius 3 is 2.75 bits per heavy atom. The summed E-state index contributed by atoms with van der Waals surface area (Å²) in [4.78, 5) is 14.1. The fraction of sp³-hybridized carbons (Fsp3) is 0.588. The highest BCUT2D eigenvalue weighted by atomic mass is 19.3. The van der Waals surface area contributed by atoms with Gasteiger partial charge < -0.3 is 15.2 Å². The summed E-state index contributed by atoms with van der Waals surface area (Å²) < 4.78 is 28.4. The van der Waals surface area contributed by atoms with Crippen molar-refractivity contribution in [3.8, 4) is 5.75 Å². The fourth-order valence-electron chi connectivity index (χ4n) is 2.94. The van der Waals surface area contributed by atoms with Gasteiger partial charge in [-0.3, -0.25) is 9.69 Å². The molecule has 7 heteroatoms. The summed E-state index contributed by atoms with van der Waals surface area (Å²) in [6, 6.07) is 6.18. The van der Waals surface area contributed by atoms with Crippen LogP contribution in [0.5, 0.6) is 5.75 Å². The number of halogens is 2. The van der Waals surface area contributed by atoms with Crippen LogP contribution < -0.4 is 10.1 Å². The molecule has 24 heavy (non-hydrogen) atoms. The molecule has 0 bridgehead atoms. The van der Waals surface area contributed by atoms with Gasteiger partial charge in [0.25, 0.3) is 0 Å². The van der Waals surface area contributed by atoms with Crippen molar-refractivity contribution >= 4 is 5.91 Å². The standard InChI is InChI=1S/C17H24F2N2O3/c1-17(12-22)7-2-8-21(11-17)10-15(23)20-9-13-3-5-14(6-4-13)24-16(18)19/h3-6,16,22H,2,7-12H2,1H3,(H,20,23). The molecular weight excluding hydrogens is 318 g/mol. The minimum absolute atomic E-state index is 0.0925. The largest absolute Gasteiger partial charge is 0.435 e. The van der Waals surface area contributed by atoms with E-state index in [0.29, 0.717) is 19.6 Å². The second kappa shape index (κ2) is 8.39. The van der Waals surface area contributed by atoms with E-state index < -0.39 is 6.61 Å². The number of carbonyl (C=O) groups is 1. The van der Waals surface area contributed by atoms with E-state index >= 15 is 0 Å². The van der Waals surface area contributed by atoms with Crippen LogP contribution in [0.25, 0.3) is 0 Å². The van der Waals surface area contributed by atoms with Gasteiger partial charge in [-0.05, 0) is 37.1 Å². The van der Waals surface area contributed by atoms with Gasteiger partial charge in [-0.15, -0.1) is 0 Å². The Morgan fingerprint density at radius 2 is 2.12 bits per heavy atom. The van der Waals surface area contributed by atoms with E-state index in [2.05, 4.69) is 15.0 Å². The summed E-state index contributed by atoms with van der Waals surface area (Å²) in [6.45, 7) is 1.49. The van der Waals surface area contributed by atoms with Gasteiger partial charge in [0.2, 0.25) is 5.91 Å². The number of hydrogen-bond donors (Lipinski definition) is 2. The summed E-state index contributed by atoms with van der Waals surface area (Å²) in [5.41, 5.74) is 0.669.